The second kappa shape index (κ2) is 6.62. The standard InChI is InChI=1S/C12H12F3NO6/c13-12(14,15)22-8-3-5(1-2-6(8)11(20)21)10(19)7(17)4-9(16)18/h1-3,7,10,17,19H,4H2,(H2,16,18)(H,20,21). The highest BCUT2D eigenvalue weighted by Gasteiger charge is 2.33. The van der Waals surface area contributed by atoms with Crippen LogP contribution in [0.1, 0.15) is 28.4 Å². The van der Waals surface area contributed by atoms with Gasteiger partial charge in [0, 0.05) is 0 Å². The zero-order chi connectivity index (χ0) is 17.1. The van der Waals surface area contributed by atoms with Gasteiger partial charge < -0.3 is 25.8 Å². The molecule has 0 aliphatic heterocycles. The fourth-order valence-corrected chi connectivity index (χ4v) is 1.65. The number of primary amides is 1. The molecule has 7 nitrogen and oxygen atoms in total. The van der Waals surface area contributed by atoms with Crippen LogP contribution in [0.5, 0.6) is 5.75 Å². The van der Waals surface area contributed by atoms with Gasteiger partial charge in [0.25, 0.3) is 0 Å². The maximum absolute atomic E-state index is 12.3. The first-order valence-electron chi connectivity index (χ1n) is 5.78. The SMILES string of the molecule is NC(=O)CC(O)C(O)c1ccc(C(=O)O)c(OC(F)(F)F)c1. The second-order valence-corrected chi connectivity index (χ2v) is 4.29. The summed E-state index contributed by atoms with van der Waals surface area (Å²) in [5, 5.41) is 28.1. The van der Waals surface area contributed by atoms with E-state index >= 15 is 0 Å². The molecule has 1 aromatic rings. The summed E-state index contributed by atoms with van der Waals surface area (Å²) in [6.07, 6.45) is -9.17. The maximum Gasteiger partial charge on any atom is 0.573 e. The highest BCUT2D eigenvalue weighted by molar-refractivity contribution is 5.91. The molecule has 0 saturated heterocycles. The van der Waals surface area contributed by atoms with Crippen molar-refractivity contribution in [1.82, 2.24) is 0 Å². The fraction of sp³-hybridized carbons (Fsp3) is 0.333. The number of amides is 1. The topological polar surface area (TPSA) is 130 Å². The molecule has 122 valence electrons. The zero-order valence-corrected chi connectivity index (χ0v) is 10.9. The number of aromatic carboxylic acids is 1. The lowest BCUT2D eigenvalue weighted by molar-refractivity contribution is -0.274. The zero-order valence-electron chi connectivity index (χ0n) is 10.9. The average Bonchev–Trinajstić information content (AvgIpc) is 2.34. The monoisotopic (exact) mass is 323 g/mol. The van der Waals surface area contributed by atoms with E-state index < -0.39 is 48.2 Å². The summed E-state index contributed by atoms with van der Waals surface area (Å²) >= 11 is 0. The van der Waals surface area contributed by atoms with Gasteiger partial charge in [-0.1, -0.05) is 6.07 Å². The van der Waals surface area contributed by atoms with Gasteiger partial charge >= 0.3 is 12.3 Å². The van der Waals surface area contributed by atoms with E-state index in [9.17, 15) is 33.0 Å². The summed E-state index contributed by atoms with van der Waals surface area (Å²) < 4.78 is 40.4. The third kappa shape index (κ3) is 4.90. The van der Waals surface area contributed by atoms with Gasteiger partial charge in [-0.2, -0.15) is 0 Å². The van der Waals surface area contributed by atoms with Crippen LogP contribution in [0.4, 0.5) is 13.2 Å². The number of benzene rings is 1. The summed E-state index contributed by atoms with van der Waals surface area (Å²) in [6.45, 7) is 0. The van der Waals surface area contributed by atoms with Gasteiger partial charge in [0.15, 0.2) is 0 Å². The number of carboxylic acid groups (broad SMARTS) is 1. The molecule has 0 aliphatic carbocycles. The molecule has 1 aromatic carbocycles. The van der Waals surface area contributed by atoms with Gasteiger partial charge in [-0.3, -0.25) is 4.79 Å². The number of ether oxygens (including phenoxy) is 1. The average molecular weight is 323 g/mol. The molecule has 2 unspecified atom stereocenters. The van der Waals surface area contributed by atoms with Crippen LogP contribution < -0.4 is 10.5 Å². The Morgan fingerprint density at radius 1 is 1.27 bits per heavy atom. The molecule has 0 radical (unpaired) electrons. The van der Waals surface area contributed by atoms with Gasteiger partial charge in [0.2, 0.25) is 5.91 Å². The summed E-state index contributed by atoms with van der Waals surface area (Å²) in [5.41, 5.74) is 3.78. The van der Waals surface area contributed by atoms with Crippen molar-refractivity contribution in [3.05, 3.63) is 29.3 Å². The Hall–Kier alpha value is -2.33. The summed E-state index contributed by atoms with van der Waals surface area (Å²) in [4.78, 5) is 21.5. The smallest absolute Gasteiger partial charge is 0.478 e. The molecule has 1 rings (SSSR count). The summed E-state index contributed by atoms with van der Waals surface area (Å²) in [7, 11) is 0. The summed E-state index contributed by atoms with van der Waals surface area (Å²) in [6, 6.07) is 2.38. The van der Waals surface area contributed by atoms with Crippen molar-refractivity contribution in [2.24, 2.45) is 5.73 Å². The van der Waals surface area contributed by atoms with E-state index in [2.05, 4.69) is 4.74 Å². The Morgan fingerprint density at radius 3 is 2.32 bits per heavy atom. The van der Waals surface area contributed by atoms with Crippen LogP contribution in [0.2, 0.25) is 0 Å². The van der Waals surface area contributed by atoms with E-state index in [1.165, 1.54) is 0 Å². The lowest BCUT2D eigenvalue weighted by Gasteiger charge is -2.19. The molecule has 22 heavy (non-hydrogen) atoms. The van der Waals surface area contributed by atoms with Crippen molar-refractivity contribution in [1.29, 1.82) is 0 Å². The highest BCUT2D eigenvalue weighted by Crippen LogP contribution is 2.30. The van der Waals surface area contributed by atoms with Crippen LogP contribution in [0.3, 0.4) is 0 Å². The van der Waals surface area contributed by atoms with Crippen LogP contribution in [-0.4, -0.2) is 39.7 Å². The molecule has 0 heterocycles. The van der Waals surface area contributed by atoms with E-state index in [0.717, 1.165) is 12.1 Å². The van der Waals surface area contributed by atoms with E-state index in [4.69, 9.17) is 10.8 Å². The third-order valence-electron chi connectivity index (χ3n) is 2.58. The molecule has 0 fully saturated rings. The van der Waals surface area contributed by atoms with Crippen molar-refractivity contribution < 1.29 is 42.8 Å². The minimum Gasteiger partial charge on any atom is -0.478 e. The number of halogens is 3. The fourth-order valence-electron chi connectivity index (χ4n) is 1.65. The molecule has 0 aromatic heterocycles. The van der Waals surface area contributed by atoms with Gasteiger partial charge in [-0.05, 0) is 17.7 Å². The van der Waals surface area contributed by atoms with Gasteiger partial charge in [-0.15, -0.1) is 13.2 Å². The predicted octanol–water partition coefficient (Wildman–Crippen LogP) is 0.553. The normalized spacial score (nSPS) is 14.2. The minimum absolute atomic E-state index is 0.266. The Bertz CT molecular complexity index is 574. The largest absolute Gasteiger partial charge is 0.573 e. The third-order valence-corrected chi connectivity index (χ3v) is 2.58. The highest BCUT2D eigenvalue weighted by atomic mass is 19.4. The van der Waals surface area contributed by atoms with Crippen LogP contribution in [-0.2, 0) is 4.79 Å². The van der Waals surface area contributed by atoms with Crippen molar-refractivity contribution in [2.45, 2.75) is 25.0 Å². The van der Waals surface area contributed by atoms with Crippen LogP contribution in [0.25, 0.3) is 0 Å². The van der Waals surface area contributed by atoms with Crippen LogP contribution in [0.15, 0.2) is 18.2 Å². The maximum atomic E-state index is 12.3. The van der Waals surface area contributed by atoms with Crippen molar-refractivity contribution in [3.8, 4) is 5.75 Å². The number of hydrogen-bond donors (Lipinski definition) is 4. The minimum atomic E-state index is -5.14. The second-order valence-electron chi connectivity index (χ2n) is 4.29. The molecule has 1 amide bonds. The molecule has 0 aliphatic rings. The van der Waals surface area contributed by atoms with E-state index in [0.29, 0.717) is 6.07 Å². The first-order chi connectivity index (χ1) is 10.0. The Kier molecular flexibility index (Phi) is 5.33. The van der Waals surface area contributed by atoms with Gasteiger partial charge in [-0.25, -0.2) is 4.79 Å². The van der Waals surface area contributed by atoms with Crippen molar-refractivity contribution in [3.63, 3.8) is 0 Å². The number of hydrogen-bond acceptors (Lipinski definition) is 5. The van der Waals surface area contributed by atoms with E-state index in [-0.39, 0.29) is 5.56 Å². The number of aliphatic hydroxyl groups excluding tert-OH is 2. The molecule has 0 spiro atoms. The van der Waals surface area contributed by atoms with Crippen molar-refractivity contribution in [2.75, 3.05) is 0 Å². The number of aliphatic hydroxyl groups is 2. The number of rotatable bonds is 6. The number of carboxylic acids is 1. The predicted molar refractivity (Wildman–Crippen MR) is 64.9 cm³/mol. The van der Waals surface area contributed by atoms with Gasteiger partial charge in [0.1, 0.15) is 17.4 Å². The van der Waals surface area contributed by atoms with Crippen LogP contribution >= 0.6 is 0 Å². The molecule has 10 heteroatoms. The number of alkyl halides is 3. The lowest BCUT2D eigenvalue weighted by atomic mass is 10.00. The molecular formula is C12H12F3NO6. The molecule has 2 atom stereocenters. The first-order valence-corrected chi connectivity index (χ1v) is 5.78. The molecule has 0 bridgehead atoms. The van der Waals surface area contributed by atoms with E-state index in [1.54, 1.807) is 0 Å². The van der Waals surface area contributed by atoms with Crippen LogP contribution in [0, 0.1) is 0 Å². The molecule has 0 saturated carbocycles. The quantitative estimate of drug-likeness (QED) is 0.605. The van der Waals surface area contributed by atoms with Crippen molar-refractivity contribution >= 4 is 11.9 Å². The van der Waals surface area contributed by atoms with E-state index in [1.807, 2.05) is 0 Å². The Morgan fingerprint density at radius 2 is 1.86 bits per heavy atom. The Balaban J connectivity index is 3.15. The lowest BCUT2D eigenvalue weighted by Crippen LogP contribution is -2.26. The Labute approximate surface area is 121 Å². The number of nitrogens with two attached hydrogens (primary N) is 1. The van der Waals surface area contributed by atoms with Gasteiger partial charge in [0.05, 0.1) is 12.5 Å². The summed E-state index contributed by atoms with van der Waals surface area (Å²) in [5.74, 6) is -3.65. The number of carbonyl (C=O) groups excluding carboxylic acids is 1. The number of carbonyl (C=O) groups is 2. The molecule has 5 N–H and O–H groups in total. The first kappa shape index (κ1) is 17.7. The molecular weight excluding hydrogens is 311 g/mol.